The zero-order valence-corrected chi connectivity index (χ0v) is 13.6. The van der Waals surface area contributed by atoms with Crippen LogP contribution in [0.25, 0.3) is 0 Å². The number of aliphatic hydroxyl groups is 1. The van der Waals surface area contributed by atoms with Crippen molar-refractivity contribution in [2.24, 2.45) is 0 Å². The van der Waals surface area contributed by atoms with E-state index >= 15 is 0 Å². The van der Waals surface area contributed by atoms with E-state index < -0.39 is 5.60 Å². The average molecular weight is 334 g/mol. The third-order valence-electron chi connectivity index (χ3n) is 4.22. The van der Waals surface area contributed by atoms with Crippen molar-refractivity contribution >= 4 is 17.4 Å². The maximum Gasteiger partial charge on any atom is 0.315 e. The third-order valence-corrected chi connectivity index (χ3v) is 4.91. The van der Waals surface area contributed by atoms with E-state index in [1.54, 1.807) is 13.0 Å². The summed E-state index contributed by atoms with van der Waals surface area (Å²) in [6.45, 7) is 1.79. The van der Waals surface area contributed by atoms with Crippen molar-refractivity contribution in [2.45, 2.75) is 31.4 Å². The minimum absolute atomic E-state index is 0.114. The molecule has 0 fully saturated rings. The van der Waals surface area contributed by atoms with Crippen molar-refractivity contribution < 1.29 is 14.3 Å². The van der Waals surface area contributed by atoms with Gasteiger partial charge in [0.15, 0.2) is 0 Å². The molecule has 122 valence electrons. The fourth-order valence-electron chi connectivity index (χ4n) is 2.87. The van der Waals surface area contributed by atoms with Crippen LogP contribution in [0.1, 0.15) is 36.1 Å². The SMILES string of the molecule is CC(O)(CNC(=O)NC1CCc2cc(F)ccc21)c1ccsc1. The van der Waals surface area contributed by atoms with Crippen LogP contribution < -0.4 is 10.6 Å². The normalized spacial score (nSPS) is 19.0. The Morgan fingerprint density at radius 2 is 2.30 bits per heavy atom. The quantitative estimate of drug-likeness (QED) is 0.805. The Morgan fingerprint density at radius 3 is 3.04 bits per heavy atom. The molecule has 0 radical (unpaired) electrons. The lowest BCUT2D eigenvalue weighted by Crippen LogP contribution is -2.44. The van der Waals surface area contributed by atoms with Gasteiger partial charge in [-0.05, 0) is 65.4 Å². The van der Waals surface area contributed by atoms with Crippen LogP contribution in [0.15, 0.2) is 35.0 Å². The van der Waals surface area contributed by atoms with Gasteiger partial charge in [0, 0.05) is 0 Å². The smallest absolute Gasteiger partial charge is 0.315 e. The molecular formula is C17H19FN2O2S. The van der Waals surface area contributed by atoms with Gasteiger partial charge in [-0.15, -0.1) is 0 Å². The van der Waals surface area contributed by atoms with Gasteiger partial charge >= 0.3 is 6.03 Å². The van der Waals surface area contributed by atoms with Gasteiger partial charge in [0.1, 0.15) is 11.4 Å². The summed E-state index contributed by atoms with van der Waals surface area (Å²) in [6.07, 6.45) is 1.51. The first-order valence-electron chi connectivity index (χ1n) is 7.53. The van der Waals surface area contributed by atoms with E-state index in [-0.39, 0.29) is 24.4 Å². The lowest BCUT2D eigenvalue weighted by molar-refractivity contribution is 0.0597. The van der Waals surface area contributed by atoms with Gasteiger partial charge in [0.25, 0.3) is 0 Å². The molecule has 1 aliphatic rings. The molecule has 0 aliphatic heterocycles. The molecule has 2 unspecified atom stereocenters. The van der Waals surface area contributed by atoms with Gasteiger partial charge < -0.3 is 15.7 Å². The number of hydrogen-bond acceptors (Lipinski definition) is 3. The molecule has 1 aliphatic carbocycles. The van der Waals surface area contributed by atoms with E-state index in [0.717, 1.165) is 29.5 Å². The fraction of sp³-hybridized carbons (Fsp3) is 0.353. The van der Waals surface area contributed by atoms with Crippen LogP contribution in [0.2, 0.25) is 0 Å². The van der Waals surface area contributed by atoms with Gasteiger partial charge in [0.05, 0.1) is 12.6 Å². The predicted molar refractivity (Wildman–Crippen MR) is 87.9 cm³/mol. The molecule has 0 saturated heterocycles. The first-order chi connectivity index (χ1) is 11.0. The number of thiophene rings is 1. The Labute approximate surface area is 138 Å². The van der Waals surface area contributed by atoms with Crippen LogP contribution in [0.5, 0.6) is 0 Å². The van der Waals surface area contributed by atoms with Gasteiger partial charge in [-0.3, -0.25) is 0 Å². The molecule has 6 heteroatoms. The summed E-state index contributed by atoms with van der Waals surface area (Å²) in [7, 11) is 0. The van der Waals surface area contributed by atoms with Crippen molar-refractivity contribution in [2.75, 3.05) is 6.54 Å². The minimum Gasteiger partial charge on any atom is -0.384 e. The number of carbonyl (C=O) groups excluding carboxylic acids is 1. The van der Waals surface area contributed by atoms with E-state index in [0.29, 0.717) is 0 Å². The Kier molecular flexibility index (Phi) is 4.37. The molecular weight excluding hydrogens is 315 g/mol. The van der Waals surface area contributed by atoms with Crippen molar-refractivity contribution in [1.82, 2.24) is 10.6 Å². The number of halogens is 1. The van der Waals surface area contributed by atoms with Crippen molar-refractivity contribution in [3.05, 3.63) is 57.5 Å². The highest BCUT2D eigenvalue weighted by atomic mass is 32.1. The molecule has 0 spiro atoms. The number of hydrogen-bond donors (Lipinski definition) is 3. The number of benzene rings is 1. The highest BCUT2D eigenvalue weighted by Gasteiger charge is 2.27. The van der Waals surface area contributed by atoms with Gasteiger partial charge in [-0.25, -0.2) is 9.18 Å². The molecule has 2 amide bonds. The summed E-state index contributed by atoms with van der Waals surface area (Å²) in [5, 5.41) is 19.7. The molecule has 3 rings (SSSR count). The maximum absolute atomic E-state index is 13.2. The van der Waals surface area contributed by atoms with Crippen molar-refractivity contribution in [1.29, 1.82) is 0 Å². The maximum atomic E-state index is 13.2. The molecule has 2 atom stereocenters. The van der Waals surface area contributed by atoms with E-state index in [1.807, 2.05) is 16.8 Å². The summed E-state index contributed by atoms with van der Waals surface area (Å²) in [6, 6.07) is 6.06. The summed E-state index contributed by atoms with van der Waals surface area (Å²) < 4.78 is 13.2. The Bertz CT molecular complexity index is 701. The highest BCUT2D eigenvalue weighted by Crippen LogP contribution is 2.31. The first-order valence-corrected chi connectivity index (χ1v) is 8.48. The zero-order valence-electron chi connectivity index (χ0n) is 12.8. The van der Waals surface area contributed by atoms with Gasteiger partial charge in [-0.1, -0.05) is 6.07 Å². The largest absolute Gasteiger partial charge is 0.384 e. The standard InChI is InChI=1S/C17H19FN2O2S/c1-17(22,12-6-7-23-9-12)10-19-16(21)20-15-5-2-11-8-13(18)3-4-14(11)15/h3-4,6-9,15,22H,2,5,10H2,1H3,(H2,19,20,21). The number of fused-ring (bicyclic) bond motifs is 1. The monoisotopic (exact) mass is 334 g/mol. The van der Waals surface area contributed by atoms with E-state index in [2.05, 4.69) is 10.6 Å². The number of nitrogens with one attached hydrogen (secondary N) is 2. The Hall–Kier alpha value is -1.92. The summed E-state index contributed by atoms with van der Waals surface area (Å²) in [4.78, 5) is 12.1. The lowest BCUT2D eigenvalue weighted by atomic mass is 9.99. The topological polar surface area (TPSA) is 61.4 Å². The summed E-state index contributed by atoms with van der Waals surface area (Å²) in [5.74, 6) is -0.249. The van der Waals surface area contributed by atoms with Crippen LogP contribution in [0.4, 0.5) is 9.18 Å². The summed E-state index contributed by atoms with van der Waals surface area (Å²) >= 11 is 1.50. The highest BCUT2D eigenvalue weighted by molar-refractivity contribution is 7.08. The molecule has 1 heterocycles. The van der Waals surface area contributed by atoms with Crippen LogP contribution in [0.3, 0.4) is 0 Å². The Balaban J connectivity index is 1.57. The second-order valence-electron chi connectivity index (χ2n) is 6.05. The predicted octanol–water partition coefficient (Wildman–Crippen LogP) is 3.08. The van der Waals surface area contributed by atoms with Crippen LogP contribution in [0, 0.1) is 5.82 Å². The van der Waals surface area contributed by atoms with E-state index in [9.17, 15) is 14.3 Å². The molecule has 23 heavy (non-hydrogen) atoms. The fourth-order valence-corrected chi connectivity index (χ4v) is 3.65. The molecule has 0 saturated carbocycles. The summed E-state index contributed by atoms with van der Waals surface area (Å²) in [5.41, 5.74) is 1.59. The van der Waals surface area contributed by atoms with E-state index in [1.165, 1.54) is 23.5 Å². The number of urea groups is 1. The minimum atomic E-state index is -1.10. The number of rotatable bonds is 4. The second-order valence-corrected chi connectivity index (χ2v) is 6.83. The molecule has 3 N–H and O–H groups in total. The van der Waals surface area contributed by atoms with Crippen molar-refractivity contribution in [3.63, 3.8) is 0 Å². The zero-order chi connectivity index (χ0) is 16.4. The molecule has 1 aromatic heterocycles. The van der Waals surface area contributed by atoms with Gasteiger partial charge in [-0.2, -0.15) is 11.3 Å². The van der Waals surface area contributed by atoms with Crippen LogP contribution >= 0.6 is 11.3 Å². The lowest BCUT2D eigenvalue weighted by Gasteiger charge is -2.23. The van der Waals surface area contributed by atoms with Crippen molar-refractivity contribution in [3.8, 4) is 0 Å². The van der Waals surface area contributed by atoms with Crippen LogP contribution in [-0.4, -0.2) is 17.7 Å². The van der Waals surface area contributed by atoms with Gasteiger partial charge in [0.2, 0.25) is 0 Å². The average Bonchev–Trinajstić information content (AvgIpc) is 3.16. The molecule has 2 aromatic rings. The third kappa shape index (κ3) is 3.54. The number of amides is 2. The Morgan fingerprint density at radius 1 is 1.48 bits per heavy atom. The number of aryl methyl sites for hydroxylation is 1. The second kappa shape index (κ2) is 6.29. The molecule has 4 nitrogen and oxygen atoms in total. The number of carbonyl (C=O) groups is 1. The molecule has 0 bridgehead atoms. The first kappa shape index (κ1) is 16.0. The van der Waals surface area contributed by atoms with E-state index in [4.69, 9.17) is 0 Å². The molecule has 1 aromatic carbocycles. The van der Waals surface area contributed by atoms with Crippen LogP contribution in [-0.2, 0) is 12.0 Å².